The molecule has 9 nitrogen and oxygen atoms in total. The van der Waals surface area contributed by atoms with Crippen LogP contribution in [0, 0.1) is 5.82 Å². The summed E-state index contributed by atoms with van der Waals surface area (Å²) in [7, 11) is 1.58. The molecular weight excluding hydrogens is 415 g/mol. The van der Waals surface area contributed by atoms with Gasteiger partial charge in [0.25, 0.3) is 0 Å². The first-order chi connectivity index (χ1) is 15.5. The van der Waals surface area contributed by atoms with Gasteiger partial charge in [-0.05, 0) is 26.0 Å². The van der Waals surface area contributed by atoms with Gasteiger partial charge in [-0.3, -0.25) is 9.48 Å². The van der Waals surface area contributed by atoms with Gasteiger partial charge in [0, 0.05) is 12.7 Å². The van der Waals surface area contributed by atoms with Gasteiger partial charge in [-0.1, -0.05) is 18.2 Å². The lowest BCUT2D eigenvalue weighted by atomic mass is 9.86. The quantitative estimate of drug-likeness (QED) is 0.637. The Kier molecular flexibility index (Phi) is 4.74. The average molecular weight is 436 g/mol. The van der Waals surface area contributed by atoms with Crippen molar-refractivity contribution >= 4 is 23.4 Å². The molecule has 1 amide bonds. The van der Waals surface area contributed by atoms with Crippen LogP contribution in [0.1, 0.15) is 30.7 Å². The van der Waals surface area contributed by atoms with Crippen LogP contribution in [0.2, 0.25) is 0 Å². The Balaban J connectivity index is 1.57. The van der Waals surface area contributed by atoms with Crippen LogP contribution in [0.5, 0.6) is 0 Å². The van der Waals surface area contributed by atoms with Crippen molar-refractivity contribution < 1.29 is 18.7 Å². The Hall–Kier alpha value is -3.66. The second kappa shape index (κ2) is 7.49. The Morgan fingerprint density at radius 3 is 2.81 bits per heavy atom. The SMILES string of the molecule is CCOC1=Nc2nc(-c3cc(COC)n(Cc4ccccc4F)n3)nc3c2C1(C)C(=O)N3. The third kappa shape index (κ3) is 2.98. The minimum absolute atomic E-state index is 0.227. The summed E-state index contributed by atoms with van der Waals surface area (Å²) in [5.41, 5.74) is 1.28. The zero-order valence-corrected chi connectivity index (χ0v) is 17.8. The van der Waals surface area contributed by atoms with E-state index in [2.05, 4.69) is 25.4 Å². The van der Waals surface area contributed by atoms with Crippen molar-refractivity contribution in [1.82, 2.24) is 19.7 Å². The third-order valence-corrected chi connectivity index (χ3v) is 5.65. The monoisotopic (exact) mass is 436 g/mol. The van der Waals surface area contributed by atoms with E-state index in [9.17, 15) is 9.18 Å². The first-order valence-corrected chi connectivity index (χ1v) is 10.2. The fourth-order valence-corrected chi connectivity index (χ4v) is 4.02. The van der Waals surface area contributed by atoms with Gasteiger partial charge in [0.05, 0.1) is 31.0 Å². The van der Waals surface area contributed by atoms with Crippen molar-refractivity contribution in [3.8, 4) is 11.5 Å². The highest BCUT2D eigenvalue weighted by Gasteiger charge is 2.55. The molecule has 0 aliphatic carbocycles. The van der Waals surface area contributed by atoms with Gasteiger partial charge < -0.3 is 14.8 Å². The Bertz CT molecular complexity index is 1270. The second-order valence-electron chi connectivity index (χ2n) is 7.73. The van der Waals surface area contributed by atoms with Gasteiger partial charge in [-0.15, -0.1) is 0 Å². The molecule has 0 bridgehead atoms. The van der Waals surface area contributed by atoms with Gasteiger partial charge in [0.1, 0.15) is 17.3 Å². The summed E-state index contributed by atoms with van der Waals surface area (Å²) in [6.45, 7) is 4.47. The molecule has 1 aromatic carbocycles. The number of rotatable bonds is 6. The number of hydrogen-bond acceptors (Lipinski definition) is 7. The smallest absolute Gasteiger partial charge is 0.245 e. The molecule has 2 aromatic heterocycles. The normalized spacial score (nSPS) is 18.5. The zero-order chi connectivity index (χ0) is 22.5. The fraction of sp³-hybridized carbons (Fsp3) is 0.318. The Labute approximate surface area is 183 Å². The summed E-state index contributed by atoms with van der Waals surface area (Å²) < 4.78 is 26.8. The molecule has 0 saturated carbocycles. The largest absolute Gasteiger partial charge is 0.480 e. The maximum Gasteiger partial charge on any atom is 0.245 e. The van der Waals surface area contributed by atoms with Crippen LogP contribution in [0.4, 0.5) is 16.0 Å². The highest BCUT2D eigenvalue weighted by Crippen LogP contribution is 2.48. The molecule has 1 unspecified atom stereocenters. The van der Waals surface area contributed by atoms with E-state index >= 15 is 0 Å². The molecule has 3 aromatic rings. The summed E-state index contributed by atoms with van der Waals surface area (Å²) in [6, 6.07) is 8.33. The standard InChI is InChI=1S/C22H21FN6O3/c1-4-32-21-22(2)16-18(26-20(22)30)24-17(25-19(16)27-21)15-9-13(11-31-3)29(28-15)10-12-7-5-6-8-14(12)23/h5-9H,4,10-11H2,1-3H3,(H,24,25,26,30). The summed E-state index contributed by atoms with van der Waals surface area (Å²) in [4.78, 5) is 26.3. The zero-order valence-electron chi connectivity index (χ0n) is 17.8. The average Bonchev–Trinajstić information content (AvgIpc) is 3.38. The molecule has 2 aliphatic rings. The predicted octanol–water partition coefficient (Wildman–Crippen LogP) is 2.96. The number of amides is 1. The fourth-order valence-electron chi connectivity index (χ4n) is 4.02. The summed E-state index contributed by atoms with van der Waals surface area (Å²) in [5.74, 6) is 0.821. The van der Waals surface area contributed by atoms with E-state index in [1.807, 2.05) is 6.92 Å². The van der Waals surface area contributed by atoms with E-state index in [-0.39, 0.29) is 24.9 Å². The van der Waals surface area contributed by atoms with E-state index in [1.54, 1.807) is 43.0 Å². The van der Waals surface area contributed by atoms with Crippen LogP contribution in [0.15, 0.2) is 35.3 Å². The number of ether oxygens (including phenoxy) is 2. The maximum absolute atomic E-state index is 14.2. The summed E-state index contributed by atoms with van der Waals surface area (Å²) >= 11 is 0. The van der Waals surface area contributed by atoms with Crippen molar-refractivity contribution in [2.24, 2.45) is 4.99 Å². The maximum atomic E-state index is 14.2. The molecule has 4 heterocycles. The molecule has 10 heteroatoms. The number of methoxy groups -OCH3 is 1. The van der Waals surface area contributed by atoms with Gasteiger partial charge >= 0.3 is 0 Å². The minimum atomic E-state index is -1.04. The van der Waals surface area contributed by atoms with Gasteiger partial charge in [-0.2, -0.15) is 10.1 Å². The minimum Gasteiger partial charge on any atom is -0.480 e. The molecule has 0 spiro atoms. The number of aliphatic imine (C=N–C) groups is 1. The number of carbonyl (C=O) groups is 1. The number of nitrogens with zero attached hydrogens (tertiary/aromatic N) is 5. The first kappa shape index (κ1) is 20.3. The van der Waals surface area contributed by atoms with Gasteiger partial charge in [0.15, 0.2) is 17.1 Å². The number of anilines is 1. The van der Waals surface area contributed by atoms with E-state index in [0.29, 0.717) is 46.8 Å². The molecule has 0 saturated heterocycles. The van der Waals surface area contributed by atoms with Crippen LogP contribution in [0.3, 0.4) is 0 Å². The van der Waals surface area contributed by atoms with Gasteiger partial charge in [-0.25, -0.2) is 14.4 Å². The van der Waals surface area contributed by atoms with Crippen molar-refractivity contribution in [1.29, 1.82) is 0 Å². The summed E-state index contributed by atoms with van der Waals surface area (Å²) in [6.07, 6.45) is 0. The van der Waals surface area contributed by atoms with E-state index in [4.69, 9.17) is 9.47 Å². The lowest BCUT2D eigenvalue weighted by Crippen LogP contribution is -2.38. The third-order valence-electron chi connectivity index (χ3n) is 5.65. The van der Waals surface area contributed by atoms with E-state index in [0.717, 1.165) is 5.69 Å². The molecule has 0 radical (unpaired) electrons. The van der Waals surface area contributed by atoms with Crippen LogP contribution in [-0.4, -0.2) is 45.3 Å². The van der Waals surface area contributed by atoms with E-state index in [1.165, 1.54) is 6.07 Å². The number of benzene rings is 1. The molecule has 2 aliphatic heterocycles. The highest BCUT2D eigenvalue weighted by atomic mass is 19.1. The van der Waals surface area contributed by atoms with E-state index < -0.39 is 5.41 Å². The van der Waals surface area contributed by atoms with Crippen molar-refractivity contribution in [3.63, 3.8) is 0 Å². The van der Waals surface area contributed by atoms with Crippen molar-refractivity contribution in [2.45, 2.75) is 32.4 Å². The van der Waals surface area contributed by atoms with Crippen LogP contribution in [0.25, 0.3) is 11.5 Å². The molecular formula is C22H21FN6O3. The molecule has 5 rings (SSSR count). The lowest BCUT2D eigenvalue weighted by molar-refractivity contribution is -0.118. The molecule has 164 valence electrons. The number of halogens is 1. The number of aromatic nitrogens is 4. The number of hydrogen-bond donors (Lipinski definition) is 1. The Morgan fingerprint density at radius 2 is 2.06 bits per heavy atom. The van der Waals surface area contributed by atoms with Crippen molar-refractivity contribution in [3.05, 3.63) is 53.0 Å². The predicted molar refractivity (Wildman–Crippen MR) is 114 cm³/mol. The topological polar surface area (TPSA) is 104 Å². The molecule has 1 atom stereocenters. The first-order valence-electron chi connectivity index (χ1n) is 10.2. The second-order valence-corrected chi connectivity index (χ2v) is 7.73. The Morgan fingerprint density at radius 1 is 1.25 bits per heavy atom. The van der Waals surface area contributed by atoms with Crippen molar-refractivity contribution in [2.75, 3.05) is 19.0 Å². The molecule has 1 N–H and O–H groups in total. The number of carbonyl (C=O) groups excluding carboxylic acids is 1. The highest BCUT2D eigenvalue weighted by molar-refractivity contribution is 6.23. The summed E-state index contributed by atoms with van der Waals surface area (Å²) in [5, 5.41) is 7.41. The van der Waals surface area contributed by atoms with Gasteiger partial charge in [0.2, 0.25) is 11.8 Å². The van der Waals surface area contributed by atoms with Crippen LogP contribution in [-0.2, 0) is 32.8 Å². The lowest BCUT2D eigenvalue weighted by Gasteiger charge is -2.18. The van der Waals surface area contributed by atoms with Crippen LogP contribution >= 0.6 is 0 Å². The number of nitrogens with one attached hydrogen (secondary N) is 1. The molecule has 0 fully saturated rings. The van der Waals surface area contributed by atoms with Crippen LogP contribution < -0.4 is 5.32 Å². The molecule has 32 heavy (non-hydrogen) atoms.